The maximum absolute atomic E-state index is 12.6. The molecule has 0 saturated heterocycles. The summed E-state index contributed by atoms with van der Waals surface area (Å²) in [5, 5.41) is 12.3. The van der Waals surface area contributed by atoms with E-state index < -0.39 is 0 Å². The van der Waals surface area contributed by atoms with Gasteiger partial charge in [0.1, 0.15) is 5.75 Å². The highest BCUT2D eigenvalue weighted by Gasteiger charge is 2.20. The van der Waals surface area contributed by atoms with Crippen LogP contribution in [-0.4, -0.2) is 38.5 Å². The number of ether oxygens (including phenoxy) is 1. The van der Waals surface area contributed by atoms with Gasteiger partial charge in [0, 0.05) is 23.6 Å². The lowest BCUT2D eigenvalue weighted by molar-refractivity contribution is -0.113. The number of benzene rings is 2. The van der Waals surface area contributed by atoms with Crippen molar-refractivity contribution in [3.8, 4) is 22.8 Å². The van der Waals surface area contributed by atoms with Gasteiger partial charge in [-0.3, -0.25) is 14.3 Å². The summed E-state index contributed by atoms with van der Waals surface area (Å²) in [6, 6.07) is 17.3. The second kappa shape index (κ2) is 9.65. The summed E-state index contributed by atoms with van der Waals surface area (Å²) < 4.78 is 7.47. The van der Waals surface area contributed by atoms with E-state index in [-0.39, 0.29) is 11.7 Å². The van der Waals surface area contributed by atoms with Crippen LogP contribution in [-0.2, 0) is 4.79 Å². The first kappa shape index (κ1) is 21.6. The minimum atomic E-state index is -0.109. The summed E-state index contributed by atoms with van der Waals surface area (Å²) in [6.07, 6.45) is 3.42. The van der Waals surface area contributed by atoms with Gasteiger partial charge in [-0.25, -0.2) is 0 Å². The predicted octanol–water partition coefficient (Wildman–Crippen LogP) is 4.69. The minimum absolute atomic E-state index is 0.109. The van der Waals surface area contributed by atoms with E-state index in [1.54, 1.807) is 19.5 Å². The molecule has 4 rings (SSSR count). The van der Waals surface area contributed by atoms with Crippen LogP contribution >= 0.6 is 11.8 Å². The Bertz CT molecular complexity index is 1240. The molecule has 8 heteroatoms. The third kappa shape index (κ3) is 4.65. The number of rotatable bonds is 7. The fourth-order valence-corrected chi connectivity index (χ4v) is 4.10. The molecule has 0 aliphatic carbocycles. The Labute approximate surface area is 190 Å². The quantitative estimate of drug-likeness (QED) is 0.416. The number of para-hydroxylation sites is 2. The smallest absolute Gasteiger partial charge is 0.234 e. The highest BCUT2D eigenvalue weighted by Crippen LogP contribution is 2.32. The van der Waals surface area contributed by atoms with E-state index in [0.717, 1.165) is 28.1 Å². The standard InChI is InChI=1S/C24H23N5O2S/c1-16-8-9-19(17(2)14-16)26-22(30)15-32-24-28-27-23(18-10-12-25-13-11-18)29(24)20-6-4-5-7-21(20)31-3/h4-14H,15H2,1-3H3,(H,26,30). The highest BCUT2D eigenvalue weighted by molar-refractivity contribution is 7.99. The number of aryl methyl sites for hydroxylation is 2. The molecule has 0 aliphatic rings. The Morgan fingerprint density at radius 2 is 1.84 bits per heavy atom. The summed E-state index contributed by atoms with van der Waals surface area (Å²) >= 11 is 1.32. The van der Waals surface area contributed by atoms with Crippen molar-refractivity contribution < 1.29 is 9.53 Å². The molecular weight excluding hydrogens is 422 g/mol. The number of amides is 1. The van der Waals surface area contributed by atoms with Gasteiger partial charge in [-0.15, -0.1) is 10.2 Å². The summed E-state index contributed by atoms with van der Waals surface area (Å²) in [7, 11) is 1.62. The maximum Gasteiger partial charge on any atom is 0.234 e. The monoisotopic (exact) mass is 445 g/mol. The zero-order chi connectivity index (χ0) is 22.5. The van der Waals surface area contributed by atoms with Crippen molar-refractivity contribution in [3.63, 3.8) is 0 Å². The minimum Gasteiger partial charge on any atom is -0.495 e. The second-order valence-electron chi connectivity index (χ2n) is 7.20. The molecule has 0 spiro atoms. The second-order valence-corrected chi connectivity index (χ2v) is 8.15. The molecule has 1 N–H and O–H groups in total. The number of thioether (sulfide) groups is 1. The van der Waals surface area contributed by atoms with E-state index in [2.05, 4.69) is 20.5 Å². The van der Waals surface area contributed by atoms with Gasteiger partial charge in [0.2, 0.25) is 5.91 Å². The van der Waals surface area contributed by atoms with Crippen LogP contribution in [0.4, 0.5) is 5.69 Å². The Morgan fingerprint density at radius 3 is 2.59 bits per heavy atom. The Hall–Kier alpha value is -3.65. The van der Waals surface area contributed by atoms with Gasteiger partial charge < -0.3 is 10.1 Å². The van der Waals surface area contributed by atoms with Gasteiger partial charge in [0.05, 0.1) is 18.6 Å². The van der Waals surface area contributed by atoms with Crippen molar-refractivity contribution in [1.29, 1.82) is 0 Å². The summed E-state index contributed by atoms with van der Waals surface area (Å²) in [5.74, 6) is 1.41. The molecule has 0 atom stereocenters. The van der Waals surface area contributed by atoms with E-state index in [0.29, 0.717) is 16.7 Å². The van der Waals surface area contributed by atoms with Crippen molar-refractivity contribution in [3.05, 3.63) is 78.1 Å². The Kier molecular flexibility index (Phi) is 6.51. The fourth-order valence-electron chi connectivity index (χ4n) is 3.35. The average Bonchev–Trinajstić information content (AvgIpc) is 3.24. The van der Waals surface area contributed by atoms with E-state index in [1.165, 1.54) is 11.8 Å². The van der Waals surface area contributed by atoms with Crippen molar-refractivity contribution in [2.45, 2.75) is 19.0 Å². The average molecular weight is 446 g/mol. The van der Waals surface area contributed by atoms with Crippen LogP contribution in [0, 0.1) is 13.8 Å². The van der Waals surface area contributed by atoms with Crippen LogP contribution in [0.5, 0.6) is 5.75 Å². The largest absolute Gasteiger partial charge is 0.495 e. The fraction of sp³-hybridized carbons (Fsp3) is 0.167. The number of carbonyl (C=O) groups excluding carboxylic acids is 1. The number of pyridine rings is 1. The highest BCUT2D eigenvalue weighted by atomic mass is 32.2. The predicted molar refractivity (Wildman–Crippen MR) is 126 cm³/mol. The van der Waals surface area contributed by atoms with E-state index in [4.69, 9.17) is 4.74 Å². The maximum atomic E-state index is 12.6. The van der Waals surface area contributed by atoms with Crippen LogP contribution in [0.2, 0.25) is 0 Å². The molecule has 2 aromatic heterocycles. The SMILES string of the molecule is COc1ccccc1-n1c(SCC(=O)Nc2ccc(C)cc2C)nnc1-c1ccncc1. The van der Waals surface area contributed by atoms with Crippen LogP contribution in [0.1, 0.15) is 11.1 Å². The number of methoxy groups -OCH3 is 1. The molecule has 2 aromatic carbocycles. The first-order chi connectivity index (χ1) is 15.6. The van der Waals surface area contributed by atoms with Gasteiger partial charge in [-0.1, -0.05) is 41.6 Å². The van der Waals surface area contributed by atoms with Gasteiger partial charge in [0.15, 0.2) is 11.0 Å². The zero-order valence-corrected chi connectivity index (χ0v) is 18.9. The number of nitrogens with zero attached hydrogens (tertiary/aromatic N) is 4. The molecule has 0 unspecified atom stereocenters. The van der Waals surface area contributed by atoms with Gasteiger partial charge in [-0.05, 0) is 49.7 Å². The van der Waals surface area contributed by atoms with Crippen molar-refractivity contribution >= 4 is 23.4 Å². The molecule has 2 heterocycles. The number of anilines is 1. The van der Waals surface area contributed by atoms with Crippen molar-refractivity contribution in [1.82, 2.24) is 19.7 Å². The number of aromatic nitrogens is 4. The summed E-state index contributed by atoms with van der Waals surface area (Å²) in [4.78, 5) is 16.7. The Balaban J connectivity index is 1.62. The van der Waals surface area contributed by atoms with Crippen LogP contribution in [0.3, 0.4) is 0 Å². The molecule has 0 aliphatic heterocycles. The number of hydrogen-bond acceptors (Lipinski definition) is 6. The van der Waals surface area contributed by atoms with E-state index in [9.17, 15) is 4.79 Å². The topological polar surface area (TPSA) is 81.9 Å². The molecule has 4 aromatic rings. The first-order valence-electron chi connectivity index (χ1n) is 10.1. The van der Waals surface area contributed by atoms with Gasteiger partial charge in [-0.2, -0.15) is 0 Å². The zero-order valence-electron chi connectivity index (χ0n) is 18.1. The van der Waals surface area contributed by atoms with Gasteiger partial charge in [0.25, 0.3) is 0 Å². The Morgan fingerprint density at radius 1 is 1.06 bits per heavy atom. The first-order valence-corrected chi connectivity index (χ1v) is 11.0. The molecule has 0 saturated carbocycles. The lowest BCUT2D eigenvalue weighted by Gasteiger charge is -2.14. The lowest BCUT2D eigenvalue weighted by Crippen LogP contribution is -2.15. The molecule has 0 fully saturated rings. The summed E-state index contributed by atoms with van der Waals surface area (Å²) in [6.45, 7) is 4.01. The number of hydrogen-bond donors (Lipinski definition) is 1. The van der Waals surface area contributed by atoms with E-state index >= 15 is 0 Å². The number of nitrogens with one attached hydrogen (secondary N) is 1. The molecule has 1 amide bonds. The van der Waals surface area contributed by atoms with Crippen LogP contribution in [0.15, 0.2) is 72.1 Å². The summed E-state index contributed by atoms with van der Waals surface area (Å²) in [5.41, 5.74) is 4.66. The van der Waals surface area contributed by atoms with Crippen LogP contribution < -0.4 is 10.1 Å². The molecule has 7 nitrogen and oxygen atoms in total. The third-order valence-electron chi connectivity index (χ3n) is 4.89. The van der Waals surface area contributed by atoms with Crippen molar-refractivity contribution in [2.24, 2.45) is 0 Å². The molecule has 0 bridgehead atoms. The third-order valence-corrected chi connectivity index (χ3v) is 5.82. The molecule has 162 valence electrons. The van der Waals surface area contributed by atoms with Crippen molar-refractivity contribution in [2.75, 3.05) is 18.2 Å². The number of carbonyl (C=O) groups is 1. The normalized spacial score (nSPS) is 10.7. The van der Waals surface area contributed by atoms with E-state index in [1.807, 2.05) is 73.0 Å². The lowest BCUT2D eigenvalue weighted by atomic mass is 10.1. The van der Waals surface area contributed by atoms with Gasteiger partial charge >= 0.3 is 0 Å². The molecule has 32 heavy (non-hydrogen) atoms. The van der Waals surface area contributed by atoms with Crippen LogP contribution in [0.25, 0.3) is 17.1 Å². The molecular formula is C24H23N5O2S. The molecule has 0 radical (unpaired) electrons.